The summed E-state index contributed by atoms with van der Waals surface area (Å²) in [4.78, 5) is 0. The molecule has 0 aliphatic carbocycles. The molecule has 136 valence electrons. The first kappa shape index (κ1) is 18.7. The van der Waals surface area contributed by atoms with Crippen LogP contribution in [0.15, 0.2) is 48.5 Å². The molecule has 0 saturated carbocycles. The zero-order valence-electron chi connectivity index (χ0n) is 15.9. The van der Waals surface area contributed by atoms with Crippen LogP contribution in [0.3, 0.4) is 0 Å². The van der Waals surface area contributed by atoms with Crippen molar-refractivity contribution in [1.82, 2.24) is 15.1 Å². The molecule has 2 aromatic carbocycles. The minimum atomic E-state index is 0.183. The molecule has 0 radical (unpaired) electrons. The highest BCUT2D eigenvalue weighted by atomic mass is 35.5. The normalized spacial score (nSPS) is 12.3. The molecule has 0 bridgehead atoms. The van der Waals surface area contributed by atoms with Crippen LogP contribution in [0.1, 0.15) is 46.6 Å². The van der Waals surface area contributed by atoms with Crippen molar-refractivity contribution < 1.29 is 0 Å². The molecular formula is C22H26ClN3. The van der Waals surface area contributed by atoms with E-state index < -0.39 is 0 Å². The van der Waals surface area contributed by atoms with E-state index in [1.54, 1.807) is 0 Å². The molecule has 1 heterocycles. The third-order valence-corrected chi connectivity index (χ3v) is 5.29. The molecular weight excluding hydrogens is 342 g/mol. The number of aromatic nitrogens is 2. The van der Waals surface area contributed by atoms with Crippen LogP contribution in [-0.4, -0.2) is 9.78 Å². The van der Waals surface area contributed by atoms with E-state index in [-0.39, 0.29) is 6.04 Å². The number of hydrogen-bond donors (Lipinski definition) is 1. The second-order valence-electron chi connectivity index (χ2n) is 6.92. The lowest BCUT2D eigenvalue weighted by Gasteiger charge is -2.16. The monoisotopic (exact) mass is 367 g/mol. The van der Waals surface area contributed by atoms with Crippen LogP contribution in [0, 0.1) is 20.8 Å². The van der Waals surface area contributed by atoms with Gasteiger partial charge in [0.1, 0.15) is 0 Å². The first-order valence-corrected chi connectivity index (χ1v) is 9.39. The molecule has 0 aliphatic heterocycles. The fraction of sp³-hybridized carbons (Fsp3) is 0.318. The van der Waals surface area contributed by atoms with Gasteiger partial charge in [-0.15, -0.1) is 0 Å². The maximum Gasteiger partial charge on any atom is 0.0662 e. The molecule has 0 fully saturated rings. The van der Waals surface area contributed by atoms with E-state index in [2.05, 4.69) is 68.0 Å². The van der Waals surface area contributed by atoms with Gasteiger partial charge in [-0.05, 0) is 44.9 Å². The number of benzene rings is 2. The predicted molar refractivity (Wildman–Crippen MR) is 109 cm³/mol. The van der Waals surface area contributed by atoms with Gasteiger partial charge in [-0.25, -0.2) is 0 Å². The molecule has 1 aromatic heterocycles. The molecule has 0 amide bonds. The third-order valence-electron chi connectivity index (χ3n) is 4.94. The number of nitrogens with one attached hydrogen (secondary N) is 1. The number of nitrogens with zero attached hydrogens (tertiary/aromatic N) is 2. The van der Waals surface area contributed by atoms with Gasteiger partial charge in [0.25, 0.3) is 0 Å². The summed E-state index contributed by atoms with van der Waals surface area (Å²) in [7, 11) is 0. The highest BCUT2D eigenvalue weighted by Crippen LogP contribution is 2.23. The topological polar surface area (TPSA) is 29.9 Å². The van der Waals surface area contributed by atoms with Gasteiger partial charge in [-0.1, -0.05) is 59.6 Å². The Kier molecular flexibility index (Phi) is 5.80. The van der Waals surface area contributed by atoms with Gasteiger partial charge in [0.05, 0.1) is 12.2 Å². The van der Waals surface area contributed by atoms with Gasteiger partial charge >= 0.3 is 0 Å². The van der Waals surface area contributed by atoms with E-state index in [0.717, 1.165) is 29.4 Å². The van der Waals surface area contributed by atoms with Crippen molar-refractivity contribution in [2.24, 2.45) is 0 Å². The van der Waals surface area contributed by atoms with Crippen LogP contribution in [-0.2, 0) is 13.1 Å². The van der Waals surface area contributed by atoms with Crippen LogP contribution < -0.4 is 5.32 Å². The van der Waals surface area contributed by atoms with Gasteiger partial charge in [0.2, 0.25) is 0 Å². The Labute approximate surface area is 161 Å². The zero-order valence-corrected chi connectivity index (χ0v) is 16.6. The molecule has 0 saturated heterocycles. The molecule has 3 aromatic rings. The van der Waals surface area contributed by atoms with E-state index in [4.69, 9.17) is 16.7 Å². The van der Waals surface area contributed by atoms with Crippen LogP contribution in [0.25, 0.3) is 0 Å². The second kappa shape index (κ2) is 8.07. The lowest BCUT2D eigenvalue weighted by Crippen LogP contribution is -2.19. The molecule has 3 nitrogen and oxygen atoms in total. The van der Waals surface area contributed by atoms with Crippen LogP contribution >= 0.6 is 11.6 Å². The summed E-state index contributed by atoms with van der Waals surface area (Å²) in [5.74, 6) is 0. The highest BCUT2D eigenvalue weighted by molar-refractivity contribution is 6.31. The molecule has 1 atom stereocenters. The van der Waals surface area contributed by atoms with Crippen molar-refractivity contribution in [3.05, 3.63) is 87.2 Å². The van der Waals surface area contributed by atoms with Crippen molar-refractivity contribution in [3.8, 4) is 0 Å². The fourth-order valence-electron chi connectivity index (χ4n) is 3.20. The Morgan fingerprint density at radius 3 is 2.42 bits per heavy atom. The van der Waals surface area contributed by atoms with Crippen molar-refractivity contribution in [2.45, 2.75) is 46.8 Å². The van der Waals surface area contributed by atoms with Crippen molar-refractivity contribution in [3.63, 3.8) is 0 Å². The third kappa shape index (κ3) is 4.17. The zero-order chi connectivity index (χ0) is 18.7. The van der Waals surface area contributed by atoms with Crippen molar-refractivity contribution in [2.75, 3.05) is 0 Å². The van der Waals surface area contributed by atoms with Gasteiger partial charge < -0.3 is 5.32 Å². The smallest absolute Gasteiger partial charge is 0.0662 e. The fourth-order valence-corrected chi connectivity index (χ4v) is 3.50. The minimum Gasteiger partial charge on any atom is -0.306 e. The summed E-state index contributed by atoms with van der Waals surface area (Å²) in [5, 5.41) is 9.13. The summed E-state index contributed by atoms with van der Waals surface area (Å²) in [6.45, 7) is 10.0. The van der Waals surface area contributed by atoms with E-state index in [1.165, 1.54) is 22.4 Å². The SMILES string of the molecule is Cc1ccc(Cn2nc(C)c(CN[C@@H](C)c3ccccc3Cl)c2C)cc1. The summed E-state index contributed by atoms with van der Waals surface area (Å²) < 4.78 is 2.09. The Morgan fingerprint density at radius 1 is 1.04 bits per heavy atom. The molecule has 0 unspecified atom stereocenters. The number of hydrogen-bond acceptors (Lipinski definition) is 2. The van der Waals surface area contributed by atoms with E-state index in [1.807, 2.05) is 18.2 Å². The van der Waals surface area contributed by atoms with Gasteiger partial charge in [0, 0.05) is 28.9 Å². The van der Waals surface area contributed by atoms with Crippen molar-refractivity contribution in [1.29, 1.82) is 0 Å². The first-order chi connectivity index (χ1) is 12.5. The van der Waals surface area contributed by atoms with Crippen LogP contribution in [0.5, 0.6) is 0 Å². The Bertz CT molecular complexity index is 881. The van der Waals surface area contributed by atoms with E-state index in [9.17, 15) is 0 Å². The van der Waals surface area contributed by atoms with Gasteiger partial charge in [-0.2, -0.15) is 5.10 Å². The summed E-state index contributed by atoms with van der Waals surface area (Å²) >= 11 is 6.31. The Balaban J connectivity index is 1.72. The second-order valence-corrected chi connectivity index (χ2v) is 7.32. The van der Waals surface area contributed by atoms with Crippen LogP contribution in [0.4, 0.5) is 0 Å². The Hall–Kier alpha value is -2.10. The molecule has 1 N–H and O–H groups in total. The maximum atomic E-state index is 6.31. The van der Waals surface area contributed by atoms with E-state index in [0.29, 0.717) is 0 Å². The van der Waals surface area contributed by atoms with Gasteiger partial charge in [0.15, 0.2) is 0 Å². The van der Waals surface area contributed by atoms with Crippen molar-refractivity contribution >= 4 is 11.6 Å². The lowest BCUT2D eigenvalue weighted by atomic mass is 10.1. The maximum absolute atomic E-state index is 6.31. The van der Waals surface area contributed by atoms with E-state index >= 15 is 0 Å². The number of aryl methyl sites for hydroxylation is 2. The van der Waals surface area contributed by atoms with Gasteiger partial charge in [-0.3, -0.25) is 4.68 Å². The molecule has 0 aliphatic rings. The molecule has 26 heavy (non-hydrogen) atoms. The predicted octanol–water partition coefficient (Wildman–Crippen LogP) is 5.36. The average molecular weight is 368 g/mol. The summed E-state index contributed by atoms with van der Waals surface area (Å²) in [5.41, 5.74) is 7.22. The first-order valence-electron chi connectivity index (χ1n) is 9.02. The van der Waals surface area contributed by atoms with Crippen LogP contribution in [0.2, 0.25) is 5.02 Å². The summed E-state index contributed by atoms with van der Waals surface area (Å²) in [6, 6.07) is 16.8. The quantitative estimate of drug-likeness (QED) is 0.635. The highest BCUT2D eigenvalue weighted by Gasteiger charge is 2.14. The molecule has 4 heteroatoms. The number of rotatable bonds is 6. The lowest BCUT2D eigenvalue weighted by molar-refractivity contribution is 0.571. The molecule has 0 spiro atoms. The Morgan fingerprint density at radius 2 is 1.73 bits per heavy atom. The molecule has 3 rings (SSSR count). The number of halogens is 1. The average Bonchev–Trinajstić information content (AvgIpc) is 2.88. The largest absolute Gasteiger partial charge is 0.306 e. The summed E-state index contributed by atoms with van der Waals surface area (Å²) in [6.07, 6.45) is 0. The minimum absolute atomic E-state index is 0.183. The standard InChI is InChI=1S/C22H26ClN3/c1-15-9-11-19(12-10-15)14-26-18(4)21(17(3)25-26)13-24-16(2)20-7-5-6-8-22(20)23/h5-12,16,24H,13-14H2,1-4H3/t16-/m0/s1.